The summed E-state index contributed by atoms with van der Waals surface area (Å²) < 4.78 is 0. The van der Waals surface area contributed by atoms with E-state index in [2.05, 4.69) is 63.9 Å². The Morgan fingerprint density at radius 2 is 1.81 bits per heavy atom. The zero-order valence-corrected chi connectivity index (χ0v) is 15.7. The molecule has 2 aromatic rings. The molecule has 0 unspecified atom stereocenters. The maximum Gasteiger partial charge on any atom is 0.0591 e. The van der Waals surface area contributed by atoms with E-state index >= 15 is 0 Å². The molecule has 2 aromatic carbocycles. The molecule has 1 N–H and O–H groups in total. The lowest BCUT2D eigenvalue weighted by molar-refractivity contribution is 0.949. The minimum Gasteiger partial charge on any atom is -0.388 e. The number of para-hydroxylation sites is 1. The molecule has 0 saturated carbocycles. The number of hydrazone groups is 1. The zero-order chi connectivity index (χ0) is 18.2. The fourth-order valence-electron chi connectivity index (χ4n) is 3.22. The molecule has 0 radical (unpaired) electrons. The largest absolute Gasteiger partial charge is 0.388 e. The van der Waals surface area contributed by atoms with Crippen molar-refractivity contribution in [2.24, 2.45) is 5.10 Å². The van der Waals surface area contributed by atoms with Gasteiger partial charge in [-0.3, -0.25) is 5.01 Å². The van der Waals surface area contributed by atoms with Crippen LogP contribution in [0.5, 0.6) is 0 Å². The summed E-state index contributed by atoms with van der Waals surface area (Å²) in [5, 5.41) is 9.65. The van der Waals surface area contributed by atoms with Crippen LogP contribution in [0, 0.1) is 0 Å². The molecule has 4 nitrogen and oxygen atoms in total. The molecule has 136 valence electrons. The third kappa shape index (κ3) is 4.66. The Labute approximate surface area is 156 Å². The van der Waals surface area contributed by atoms with Crippen LogP contribution in [-0.4, -0.2) is 33.4 Å². The van der Waals surface area contributed by atoms with E-state index in [1.54, 1.807) is 0 Å². The molecule has 0 atom stereocenters. The summed E-state index contributed by atoms with van der Waals surface area (Å²) in [5.41, 5.74) is 4.74. The Bertz CT molecular complexity index is 743. The molecule has 1 saturated heterocycles. The molecular weight excluding hydrogens is 320 g/mol. The van der Waals surface area contributed by atoms with E-state index in [4.69, 9.17) is 0 Å². The van der Waals surface area contributed by atoms with Crippen molar-refractivity contribution in [2.75, 3.05) is 42.4 Å². The fraction of sp³-hybridized carbons (Fsp3) is 0.318. The molecule has 1 heterocycles. The predicted octanol–water partition coefficient (Wildman–Crippen LogP) is 4.85. The van der Waals surface area contributed by atoms with Crippen LogP contribution in [0.1, 0.15) is 24.8 Å². The van der Waals surface area contributed by atoms with E-state index in [9.17, 15) is 0 Å². The first-order valence-corrected chi connectivity index (χ1v) is 9.32. The van der Waals surface area contributed by atoms with Gasteiger partial charge in [-0.05, 0) is 48.7 Å². The Morgan fingerprint density at radius 1 is 1.08 bits per heavy atom. The van der Waals surface area contributed by atoms with E-state index in [-0.39, 0.29) is 0 Å². The average molecular weight is 348 g/mol. The first-order chi connectivity index (χ1) is 12.8. The molecule has 4 heteroatoms. The zero-order valence-electron chi connectivity index (χ0n) is 15.7. The Hall–Kier alpha value is -2.75. The summed E-state index contributed by atoms with van der Waals surface area (Å²) in [5.74, 6) is 0. The molecular formula is C22H28N4. The van der Waals surface area contributed by atoms with Gasteiger partial charge >= 0.3 is 0 Å². The lowest BCUT2D eigenvalue weighted by Gasteiger charge is -2.19. The number of nitrogens with one attached hydrogen (secondary N) is 1. The number of anilines is 3. The van der Waals surface area contributed by atoms with E-state index < -0.39 is 0 Å². The number of allylic oxidation sites excluding steroid dienone is 1. The minimum absolute atomic E-state index is 0.800. The van der Waals surface area contributed by atoms with Crippen molar-refractivity contribution in [3.63, 3.8) is 0 Å². The second-order valence-corrected chi connectivity index (χ2v) is 6.51. The van der Waals surface area contributed by atoms with Crippen LogP contribution in [-0.2, 0) is 0 Å². The molecule has 1 aliphatic rings. The van der Waals surface area contributed by atoms with Crippen molar-refractivity contribution in [3.05, 3.63) is 60.2 Å². The van der Waals surface area contributed by atoms with Crippen LogP contribution < -0.4 is 15.2 Å². The molecule has 1 fully saturated rings. The number of nitrogens with zero attached hydrogens (tertiary/aromatic N) is 3. The normalized spacial score (nSPS) is 14.5. The van der Waals surface area contributed by atoms with Gasteiger partial charge in [0.05, 0.1) is 5.69 Å². The maximum atomic E-state index is 4.52. The van der Waals surface area contributed by atoms with Crippen LogP contribution in [0.4, 0.5) is 17.1 Å². The molecule has 3 rings (SSSR count). The van der Waals surface area contributed by atoms with Crippen molar-refractivity contribution >= 4 is 29.4 Å². The number of hydrogen-bond acceptors (Lipinski definition) is 4. The number of rotatable bonds is 7. The quantitative estimate of drug-likeness (QED) is 0.573. The number of benzene rings is 2. The van der Waals surface area contributed by atoms with Crippen molar-refractivity contribution in [1.29, 1.82) is 0 Å². The van der Waals surface area contributed by atoms with Crippen molar-refractivity contribution in [3.8, 4) is 0 Å². The van der Waals surface area contributed by atoms with E-state index in [0.717, 1.165) is 17.8 Å². The Kier molecular flexibility index (Phi) is 6.31. The molecule has 0 amide bonds. The molecule has 1 aliphatic heterocycles. The van der Waals surface area contributed by atoms with E-state index in [1.165, 1.54) is 37.2 Å². The molecule has 0 spiro atoms. The van der Waals surface area contributed by atoms with Crippen molar-refractivity contribution in [2.45, 2.75) is 19.3 Å². The van der Waals surface area contributed by atoms with Gasteiger partial charge in [-0.25, -0.2) is 0 Å². The van der Waals surface area contributed by atoms with Gasteiger partial charge < -0.3 is 10.2 Å². The number of hydrogen-bond donors (Lipinski definition) is 1. The molecule has 26 heavy (non-hydrogen) atoms. The van der Waals surface area contributed by atoms with E-state index in [1.807, 2.05) is 37.5 Å². The standard InChI is InChI=1S/C22H28N4/c1-23-22-11-4-3-9-19(22)10-5-6-16-24-25(2)20-12-14-21(15-13-20)26-17-7-8-18-26/h3-5,9-16,23H,6-8,17-18H2,1-2H3/b10-5-,24-16+. The van der Waals surface area contributed by atoms with Crippen LogP contribution in [0.25, 0.3) is 6.08 Å². The predicted molar refractivity (Wildman–Crippen MR) is 114 cm³/mol. The highest BCUT2D eigenvalue weighted by Gasteiger charge is 2.12. The van der Waals surface area contributed by atoms with Gasteiger partial charge in [-0.2, -0.15) is 5.10 Å². The maximum absolute atomic E-state index is 4.52. The van der Waals surface area contributed by atoms with Crippen LogP contribution >= 0.6 is 0 Å². The van der Waals surface area contributed by atoms with Gasteiger partial charge in [0.25, 0.3) is 0 Å². The van der Waals surface area contributed by atoms with Gasteiger partial charge in [0.1, 0.15) is 0 Å². The average Bonchev–Trinajstić information content (AvgIpc) is 3.23. The van der Waals surface area contributed by atoms with Crippen LogP contribution in [0.3, 0.4) is 0 Å². The van der Waals surface area contributed by atoms with Gasteiger partial charge in [-0.1, -0.05) is 30.4 Å². The second-order valence-electron chi connectivity index (χ2n) is 6.51. The fourth-order valence-corrected chi connectivity index (χ4v) is 3.22. The topological polar surface area (TPSA) is 30.9 Å². The summed E-state index contributed by atoms with van der Waals surface area (Å²) in [7, 11) is 3.93. The van der Waals surface area contributed by atoms with Gasteiger partial charge in [0.15, 0.2) is 0 Å². The summed E-state index contributed by atoms with van der Waals surface area (Å²) in [6.45, 7) is 2.35. The molecule has 0 aromatic heterocycles. The summed E-state index contributed by atoms with van der Waals surface area (Å²) in [6.07, 6.45) is 9.60. The summed E-state index contributed by atoms with van der Waals surface area (Å²) in [4.78, 5) is 2.45. The second kappa shape index (κ2) is 9.09. The minimum atomic E-state index is 0.800. The third-order valence-corrected chi connectivity index (χ3v) is 4.72. The Balaban J connectivity index is 1.52. The Morgan fingerprint density at radius 3 is 2.54 bits per heavy atom. The van der Waals surface area contributed by atoms with Gasteiger partial charge in [-0.15, -0.1) is 0 Å². The highest BCUT2D eigenvalue weighted by Crippen LogP contribution is 2.23. The SMILES string of the molecule is CNc1ccccc1/C=C\C/C=N/N(C)c1ccc(N2CCCC2)cc1. The van der Waals surface area contributed by atoms with Crippen LogP contribution in [0.15, 0.2) is 59.7 Å². The van der Waals surface area contributed by atoms with Crippen molar-refractivity contribution in [1.82, 2.24) is 0 Å². The third-order valence-electron chi connectivity index (χ3n) is 4.72. The van der Waals surface area contributed by atoms with Gasteiger partial charge in [0, 0.05) is 51.2 Å². The monoisotopic (exact) mass is 348 g/mol. The first-order valence-electron chi connectivity index (χ1n) is 9.32. The van der Waals surface area contributed by atoms with Crippen LogP contribution in [0.2, 0.25) is 0 Å². The highest BCUT2D eigenvalue weighted by molar-refractivity contribution is 5.69. The highest BCUT2D eigenvalue weighted by atomic mass is 15.4. The molecule has 0 aliphatic carbocycles. The van der Waals surface area contributed by atoms with Crippen molar-refractivity contribution < 1.29 is 0 Å². The summed E-state index contributed by atoms with van der Waals surface area (Å²) >= 11 is 0. The van der Waals surface area contributed by atoms with E-state index in [0.29, 0.717) is 0 Å². The molecule has 0 bridgehead atoms. The smallest absolute Gasteiger partial charge is 0.0591 e. The first kappa shape index (κ1) is 18.1. The van der Waals surface area contributed by atoms with Gasteiger partial charge in [0.2, 0.25) is 0 Å². The lowest BCUT2D eigenvalue weighted by Crippen LogP contribution is -2.17. The lowest BCUT2D eigenvalue weighted by atomic mass is 10.1. The summed E-state index contributed by atoms with van der Waals surface area (Å²) in [6, 6.07) is 16.9.